The predicted molar refractivity (Wildman–Crippen MR) is 101 cm³/mol. The van der Waals surface area contributed by atoms with Crippen LogP contribution in [-0.4, -0.2) is 18.5 Å². The van der Waals surface area contributed by atoms with Crippen molar-refractivity contribution in [3.63, 3.8) is 0 Å². The molecular formula is C20H19Cl2NO3. The first-order valence-electron chi connectivity index (χ1n) is 8.50. The summed E-state index contributed by atoms with van der Waals surface area (Å²) in [6, 6.07) is 13.1. The second-order valence-electron chi connectivity index (χ2n) is 6.25. The van der Waals surface area contributed by atoms with Crippen molar-refractivity contribution in [3.8, 4) is 0 Å². The summed E-state index contributed by atoms with van der Waals surface area (Å²) in [7, 11) is 0. The Hall–Kier alpha value is -2.04. The lowest BCUT2D eigenvalue weighted by molar-refractivity contribution is -0.148. The number of carbonyl (C=O) groups is 2. The number of halogens is 2. The quantitative estimate of drug-likeness (QED) is 0.774. The topological polar surface area (TPSA) is 55.4 Å². The van der Waals surface area contributed by atoms with Crippen LogP contribution in [0.4, 0.5) is 0 Å². The first kappa shape index (κ1) is 18.7. The maximum Gasteiger partial charge on any atom is 0.310 e. The highest BCUT2D eigenvalue weighted by atomic mass is 35.5. The van der Waals surface area contributed by atoms with Crippen molar-refractivity contribution in [1.82, 2.24) is 5.32 Å². The molecule has 0 aromatic heterocycles. The van der Waals surface area contributed by atoms with Gasteiger partial charge in [-0.1, -0.05) is 53.5 Å². The minimum atomic E-state index is -0.542. The van der Waals surface area contributed by atoms with Gasteiger partial charge in [0.2, 0.25) is 0 Å². The first-order valence-corrected chi connectivity index (χ1v) is 9.26. The number of esters is 1. The fourth-order valence-corrected chi connectivity index (χ4v) is 3.71. The van der Waals surface area contributed by atoms with Gasteiger partial charge in [-0.3, -0.25) is 9.59 Å². The molecule has 0 spiro atoms. The molecule has 6 heteroatoms. The number of fused-ring (bicyclic) bond motifs is 1. The van der Waals surface area contributed by atoms with Crippen LogP contribution in [0.5, 0.6) is 0 Å². The van der Waals surface area contributed by atoms with Gasteiger partial charge in [0.05, 0.1) is 12.5 Å². The van der Waals surface area contributed by atoms with Gasteiger partial charge in [-0.25, -0.2) is 0 Å². The van der Waals surface area contributed by atoms with Crippen molar-refractivity contribution >= 4 is 35.1 Å². The van der Waals surface area contributed by atoms with Gasteiger partial charge in [0.15, 0.2) is 6.61 Å². The lowest BCUT2D eigenvalue weighted by atomic mass is 9.88. The van der Waals surface area contributed by atoms with Crippen LogP contribution >= 0.6 is 23.2 Å². The van der Waals surface area contributed by atoms with E-state index in [1.807, 2.05) is 18.2 Å². The number of amides is 1. The molecule has 4 nitrogen and oxygen atoms in total. The molecule has 0 radical (unpaired) electrons. The standard InChI is InChI=1S/C20H19Cl2NO3/c21-16-8-4-9-17(22)15(16)11-20(25)26-12-19(24)23-18-10-3-6-13-5-1-2-7-14(13)18/h1-2,4-5,7-9,18H,3,6,10-12H2,(H,23,24)/t18-/m1/s1. The van der Waals surface area contributed by atoms with Crippen molar-refractivity contribution in [3.05, 3.63) is 69.2 Å². The highest BCUT2D eigenvalue weighted by Crippen LogP contribution is 2.29. The van der Waals surface area contributed by atoms with Crippen LogP contribution in [0.15, 0.2) is 42.5 Å². The summed E-state index contributed by atoms with van der Waals surface area (Å²) in [5, 5.41) is 3.75. The van der Waals surface area contributed by atoms with Gasteiger partial charge in [0, 0.05) is 15.6 Å². The van der Waals surface area contributed by atoms with E-state index in [0.717, 1.165) is 24.8 Å². The van der Waals surface area contributed by atoms with Crippen molar-refractivity contribution in [1.29, 1.82) is 0 Å². The third-order valence-corrected chi connectivity index (χ3v) is 5.16. The molecule has 136 valence electrons. The number of hydrogen-bond acceptors (Lipinski definition) is 3. The summed E-state index contributed by atoms with van der Waals surface area (Å²) in [5.74, 6) is -0.857. The van der Waals surface area contributed by atoms with Gasteiger partial charge in [-0.2, -0.15) is 0 Å². The van der Waals surface area contributed by atoms with E-state index >= 15 is 0 Å². The van der Waals surface area contributed by atoms with E-state index in [0.29, 0.717) is 15.6 Å². The van der Waals surface area contributed by atoms with Crippen LogP contribution in [0, 0.1) is 0 Å². The molecule has 0 heterocycles. The highest BCUT2D eigenvalue weighted by Gasteiger charge is 2.22. The van der Waals surface area contributed by atoms with Crippen molar-refractivity contribution < 1.29 is 14.3 Å². The second kappa shape index (κ2) is 8.56. The number of carbonyl (C=O) groups excluding carboxylic acids is 2. The minimum Gasteiger partial charge on any atom is -0.455 e. The van der Waals surface area contributed by atoms with E-state index < -0.39 is 5.97 Å². The molecule has 0 unspecified atom stereocenters. The molecule has 1 aliphatic carbocycles. The summed E-state index contributed by atoms with van der Waals surface area (Å²) in [6.45, 7) is -0.320. The monoisotopic (exact) mass is 391 g/mol. The Morgan fingerprint density at radius 3 is 2.58 bits per heavy atom. The molecule has 0 fully saturated rings. The number of benzene rings is 2. The van der Waals surface area contributed by atoms with Gasteiger partial charge in [0.25, 0.3) is 5.91 Å². The summed E-state index contributed by atoms with van der Waals surface area (Å²) in [4.78, 5) is 24.2. The van der Waals surface area contributed by atoms with Gasteiger partial charge in [-0.05, 0) is 42.5 Å². The van der Waals surface area contributed by atoms with Gasteiger partial charge < -0.3 is 10.1 Å². The lowest BCUT2D eigenvalue weighted by Crippen LogP contribution is -2.34. The SMILES string of the molecule is O=C(COC(=O)Cc1c(Cl)cccc1Cl)N[C@@H]1CCCc2ccccc21. The highest BCUT2D eigenvalue weighted by molar-refractivity contribution is 6.36. The van der Waals surface area contributed by atoms with Gasteiger partial charge in [0.1, 0.15) is 0 Å². The molecule has 0 saturated heterocycles. The number of aryl methyl sites for hydroxylation is 1. The Bertz CT molecular complexity index is 802. The van der Waals surface area contributed by atoms with Crippen LogP contribution in [0.3, 0.4) is 0 Å². The van der Waals surface area contributed by atoms with E-state index in [1.54, 1.807) is 18.2 Å². The van der Waals surface area contributed by atoms with E-state index in [2.05, 4.69) is 11.4 Å². The van der Waals surface area contributed by atoms with E-state index in [-0.39, 0.29) is 25.0 Å². The number of hydrogen-bond donors (Lipinski definition) is 1. The van der Waals surface area contributed by atoms with E-state index in [1.165, 1.54) is 5.56 Å². The molecule has 26 heavy (non-hydrogen) atoms. The fourth-order valence-electron chi connectivity index (χ4n) is 3.18. The molecule has 0 bridgehead atoms. The van der Waals surface area contributed by atoms with Crippen molar-refractivity contribution in [2.75, 3.05) is 6.61 Å². The summed E-state index contributed by atoms with van der Waals surface area (Å²) >= 11 is 12.1. The maximum absolute atomic E-state index is 12.2. The molecule has 1 aliphatic rings. The number of ether oxygens (including phenoxy) is 1. The van der Waals surface area contributed by atoms with Gasteiger partial charge >= 0.3 is 5.97 Å². The Morgan fingerprint density at radius 1 is 1.08 bits per heavy atom. The van der Waals surface area contributed by atoms with Crippen LogP contribution in [0.1, 0.15) is 35.6 Å². The molecule has 2 aromatic carbocycles. The van der Waals surface area contributed by atoms with Crippen molar-refractivity contribution in [2.45, 2.75) is 31.7 Å². The van der Waals surface area contributed by atoms with E-state index in [9.17, 15) is 9.59 Å². The Kier molecular flexibility index (Phi) is 6.17. The van der Waals surface area contributed by atoms with Crippen LogP contribution in [-0.2, 0) is 27.2 Å². The van der Waals surface area contributed by atoms with E-state index in [4.69, 9.17) is 27.9 Å². The molecule has 0 saturated carbocycles. The minimum absolute atomic E-state index is 0.0378. The molecule has 0 aliphatic heterocycles. The smallest absolute Gasteiger partial charge is 0.310 e. The summed E-state index contributed by atoms with van der Waals surface area (Å²) in [5.41, 5.74) is 2.90. The fraction of sp³-hybridized carbons (Fsp3) is 0.300. The average molecular weight is 392 g/mol. The predicted octanol–water partition coefficient (Wildman–Crippen LogP) is 4.27. The number of nitrogens with one attached hydrogen (secondary N) is 1. The molecule has 3 rings (SSSR count). The maximum atomic E-state index is 12.2. The zero-order valence-corrected chi connectivity index (χ0v) is 15.6. The van der Waals surface area contributed by atoms with Crippen LogP contribution < -0.4 is 5.32 Å². The molecule has 2 aromatic rings. The average Bonchev–Trinajstić information content (AvgIpc) is 2.63. The molecule has 1 atom stereocenters. The Morgan fingerprint density at radius 2 is 1.81 bits per heavy atom. The third-order valence-electron chi connectivity index (χ3n) is 4.45. The zero-order valence-electron chi connectivity index (χ0n) is 14.1. The normalized spacial score (nSPS) is 15.8. The summed E-state index contributed by atoms with van der Waals surface area (Å²) < 4.78 is 5.08. The molecule has 1 amide bonds. The first-order chi connectivity index (χ1) is 12.5. The second-order valence-corrected chi connectivity index (χ2v) is 7.06. The molecular weight excluding hydrogens is 373 g/mol. The third kappa shape index (κ3) is 4.57. The Labute approximate surface area is 162 Å². The lowest BCUT2D eigenvalue weighted by Gasteiger charge is -2.26. The zero-order chi connectivity index (χ0) is 18.5. The molecule has 1 N–H and O–H groups in total. The summed E-state index contributed by atoms with van der Waals surface area (Å²) in [6.07, 6.45) is 2.85. The number of rotatable bonds is 5. The van der Waals surface area contributed by atoms with Gasteiger partial charge in [-0.15, -0.1) is 0 Å². The Balaban J connectivity index is 1.53. The van der Waals surface area contributed by atoms with Crippen LogP contribution in [0.2, 0.25) is 10.0 Å². The largest absolute Gasteiger partial charge is 0.455 e. The van der Waals surface area contributed by atoms with Crippen LogP contribution in [0.25, 0.3) is 0 Å². The van der Waals surface area contributed by atoms with Crippen molar-refractivity contribution in [2.24, 2.45) is 0 Å².